The Morgan fingerprint density at radius 3 is 1.66 bits per heavy atom. The van der Waals surface area contributed by atoms with Crippen LogP contribution < -0.4 is 15.4 Å². The van der Waals surface area contributed by atoms with E-state index in [1.807, 2.05) is 63.2 Å². The minimum absolute atomic E-state index is 0.254. The monoisotopic (exact) mass is 390 g/mol. The van der Waals surface area contributed by atoms with Crippen LogP contribution in [0.1, 0.15) is 25.8 Å². The number of amides is 2. The van der Waals surface area contributed by atoms with Gasteiger partial charge >= 0.3 is 0 Å². The molecule has 0 unspecified atom stereocenters. The summed E-state index contributed by atoms with van der Waals surface area (Å²) >= 11 is 0. The summed E-state index contributed by atoms with van der Waals surface area (Å²) < 4.78 is 5.70. The van der Waals surface area contributed by atoms with E-state index in [1.54, 1.807) is 36.4 Å². The topological polar surface area (TPSA) is 67.4 Å². The van der Waals surface area contributed by atoms with Crippen LogP contribution in [0.25, 0.3) is 0 Å². The summed E-state index contributed by atoms with van der Waals surface area (Å²) in [5.74, 6) is 0.662. The highest BCUT2D eigenvalue weighted by Gasteiger charge is 2.10. The van der Waals surface area contributed by atoms with Crippen molar-refractivity contribution in [1.29, 1.82) is 0 Å². The summed E-state index contributed by atoms with van der Waals surface area (Å²) in [4.78, 5) is 24.0. The Labute approximate surface area is 171 Å². The van der Waals surface area contributed by atoms with E-state index in [-0.39, 0.29) is 18.2 Å². The average Bonchev–Trinajstić information content (AvgIpc) is 2.73. The smallest absolute Gasteiger partial charge is 0.233 e. The molecule has 0 radical (unpaired) electrons. The van der Waals surface area contributed by atoms with Gasteiger partial charge in [-0.25, -0.2) is 0 Å². The third-order valence-corrected chi connectivity index (χ3v) is 3.77. The van der Waals surface area contributed by atoms with Crippen molar-refractivity contribution in [1.82, 2.24) is 0 Å². The number of para-hydroxylation sites is 1. The van der Waals surface area contributed by atoms with Crippen LogP contribution >= 0.6 is 0 Å². The summed E-state index contributed by atoms with van der Waals surface area (Å²) in [5, 5.41) is 5.41. The van der Waals surface area contributed by atoms with Crippen LogP contribution in [-0.4, -0.2) is 11.8 Å². The van der Waals surface area contributed by atoms with E-state index in [0.717, 1.165) is 11.3 Å². The SMILES string of the molecule is CC.Cc1ccc(NC(=O)CC(=O)Nc2ccc(Oc3ccccc3)cc2)cc1. The van der Waals surface area contributed by atoms with Gasteiger partial charge in [0.25, 0.3) is 0 Å². The number of rotatable bonds is 6. The molecule has 2 N–H and O–H groups in total. The van der Waals surface area contributed by atoms with Crippen molar-refractivity contribution in [2.45, 2.75) is 27.2 Å². The molecule has 0 heterocycles. The first-order valence-corrected chi connectivity index (χ1v) is 9.58. The van der Waals surface area contributed by atoms with Crippen LogP contribution in [0.4, 0.5) is 11.4 Å². The van der Waals surface area contributed by atoms with E-state index in [2.05, 4.69) is 10.6 Å². The van der Waals surface area contributed by atoms with E-state index in [9.17, 15) is 9.59 Å². The van der Waals surface area contributed by atoms with Crippen molar-refractivity contribution in [3.63, 3.8) is 0 Å². The predicted molar refractivity (Wildman–Crippen MR) is 117 cm³/mol. The highest BCUT2D eigenvalue weighted by molar-refractivity contribution is 6.08. The number of benzene rings is 3. The summed E-state index contributed by atoms with van der Waals surface area (Å²) in [5.41, 5.74) is 2.37. The maximum Gasteiger partial charge on any atom is 0.233 e. The summed E-state index contributed by atoms with van der Waals surface area (Å²) in [6, 6.07) is 23.8. The highest BCUT2D eigenvalue weighted by atomic mass is 16.5. The Hall–Kier alpha value is -3.60. The molecule has 150 valence electrons. The van der Waals surface area contributed by atoms with Gasteiger partial charge in [0.2, 0.25) is 11.8 Å². The number of anilines is 2. The molecule has 29 heavy (non-hydrogen) atoms. The summed E-state index contributed by atoms with van der Waals surface area (Å²) in [6.07, 6.45) is -0.254. The molecule has 0 aliphatic rings. The second kappa shape index (κ2) is 11.3. The van der Waals surface area contributed by atoms with Gasteiger partial charge in [0.05, 0.1) is 0 Å². The van der Waals surface area contributed by atoms with Crippen LogP contribution in [0.15, 0.2) is 78.9 Å². The standard InChI is InChI=1S/C22H20N2O3.C2H6/c1-16-7-9-17(10-8-16)23-21(25)15-22(26)24-18-11-13-20(14-12-18)27-19-5-3-2-4-6-19;1-2/h2-14H,15H2,1H3,(H,23,25)(H,24,26);1-2H3. The second-order valence-corrected chi connectivity index (χ2v) is 6.08. The fourth-order valence-corrected chi connectivity index (χ4v) is 2.42. The molecule has 0 saturated carbocycles. The van der Waals surface area contributed by atoms with Gasteiger partial charge in [-0.1, -0.05) is 49.7 Å². The maximum absolute atomic E-state index is 12.0. The molecule has 0 spiro atoms. The van der Waals surface area contributed by atoms with E-state index in [1.165, 1.54) is 0 Å². The van der Waals surface area contributed by atoms with Crippen LogP contribution in [0.5, 0.6) is 11.5 Å². The molecule has 3 rings (SSSR count). The third kappa shape index (κ3) is 7.50. The lowest BCUT2D eigenvalue weighted by Gasteiger charge is -2.09. The Bertz CT molecular complexity index is 905. The average molecular weight is 390 g/mol. The molecule has 0 bridgehead atoms. The van der Waals surface area contributed by atoms with Gasteiger partial charge in [0, 0.05) is 11.4 Å². The molecule has 0 aromatic heterocycles. The Balaban J connectivity index is 0.00000145. The lowest BCUT2D eigenvalue weighted by atomic mass is 10.2. The molecule has 3 aromatic carbocycles. The number of hydrogen-bond donors (Lipinski definition) is 2. The summed E-state index contributed by atoms with van der Waals surface area (Å²) in [6.45, 7) is 5.97. The van der Waals surface area contributed by atoms with Gasteiger partial charge in [-0.3, -0.25) is 9.59 Å². The normalized spacial score (nSPS) is 9.62. The Morgan fingerprint density at radius 1 is 0.690 bits per heavy atom. The number of aryl methyl sites for hydroxylation is 1. The molecule has 0 aliphatic carbocycles. The zero-order valence-corrected chi connectivity index (χ0v) is 16.9. The van der Waals surface area contributed by atoms with Gasteiger partial charge in [0.15, 0.2) is 0 Å². The number of carbonyl (C=O) groups is 2. The lowest BCUT2D eigenvalue weighted by molar-refractivity contribution is -0.123. The van der Waals surface area contributed by atoms with Gasteiger partial charge < -0.3 is 15.4 Å². The van der Waals surface area contributed by atoms with Crippen molar-refractivity contribution in [3.05, 3.63) is 84.4 Å². The van der Waals surface area contributed by atoms with E-state index < -0.39 is 0 Å². The van der Waals surface area contributed by atoms with Crippen molar-refractivity contribution in [2.24, 2.45) is 0 Å². The molecular formula is C24H26N2O3. The highest BCUT2D eigenvalue weighted by Crippen LogP contribution is 2.22. The number of carbonyl (C=O) groups excluding carboxylic acids is 2. The molecule has 2 amide bonds. The quantitative estimate of drug-likeness (QED) is 0.524. The first kappa shape index (κ1) is 21.7. The van der Waals surface area contributed by atoms with Crippen LogP contribution in [-0.2, 0) is 9.59 Å². The molecule has 0 aliphatic heterocycles. The van der Waals surface area contributed by atoms with Crippen molar-refractivity contribution >= 4 is 23.2 Å². The number of hydrogen-bond acceptors (Lipinski definition) is 3. The molecule has 5 nitrogen and oxygen atoms in total. The molecule has 0 atom stereocenters. The minimum Gasteiger partial charge on any atom is -0.457 e. The fourth-order valence-electron chi connectivity index (χ4n) is 2.42. The first-order chi connectivity index (χ1) is 14.1. The largest absolute Gasteiger partial charge is 0.457 e. The second-order valence-electron chi connectivity index (χ2n) is 6.08. The third-order valence-electron chi connectivity index (χ3n) is 3.77. The predicted octanol–water partition coefficient (Wildman–Crippen LogP) is 5.78. The molecule has 3 aromatic rings. The Morgan fingerprint density at radius 2 is 1.14 bits per heavy atom. The van der Waals surface area contributed by atoms with Crippen LogP contribution in [0.2, 0.25) is 0 Å². The number of nitrogens with one attached hydrogen (secondary N) is 2. The molecule has 0 fully saturated rings. The van der Waals surface area contributed by atoms with Crippen molar-refractivity contribution < 1.29 is 14.3 Å². The maximum atomic E-state index is 12.0. The first-order valence-electron chi connectivity index (χ1n) is 9.58. The van der Waals surface area contributed by atoms with Crippen LogP contribution in [0.3, 0.4) is 0 Å². The Kier molecular flexibility index (Phi) is 8.45. The van der Waals surface area contributed by atoms with Gasteiger partial charge in [-0.2, -0.15) is 0 Å². The fraction of sp³-hybridized carbons (Fsp3) is 0.167. The van der Waals surface area contributed by atoms with Crippen molar-refractivity contribution in [2.75, 3.05) is 10.6 Å². The summed E-state index contributed by atoms with van der Waals surface area (Å²) in [7, 11) is 0. The lowest BCUT2D eigenvalue weighted by Crippen LogP contribution is -2.21. The molecule has 5 heteroatoms. The molecular weight excluding hydrogens is 364 g/mol. The van der Waals surface area contributed by atoms with Crippen LogP contribution in [0, 0.1) is 6.92 Å². The van der Waals surface area contributed by atoms with E-state index in [4.69, 9.17) is 4.74 Å². The van der Waals surface area contributed by atoms with E-state index >= 15 is 0 Å². The zero-order valence-electron chi connectivity index (χ0n) is 16.9. The number of ether oxygens (including phenoxy) is 1. The van der Waals surface area contributed by atoms with E-state index in [0.29, 0.717) is 17.1 Å². The van der Waals surface area contributed by atoms with Gasteiger partial charge in [-0.05, 0) is 55.5 Å². The zero-order chi connectivity index (χ0) is 21.1. The van der Waals surface area contributed by atoms with Gasteiger partial charge in [-0.15, -0.1) is 0 Å². The van der Waals surface area contributed by atoms with Gasteiger partial charge in [0.1, 0.15) is 17.9 Å². The molecule has 0 saturated heterocycles. The minimum atomic E-state index is -0.378. The van der Waals surface area contributed by atoms with Crippen molar-refractivity contribution in [3.8, 4) is 11.5 Å².